The van der Waals surface area contributed by atoms with Gasteiger partial charge in [0.1, 0.15) is 5.75 Å². The Morgan fingerprint density at radius 1 is 0.897 bits per heavy atom. The van der Waals surface area contributed by atoms with Gasteiger partial charge < -0.3 is 15.4 Å². The molecule has 2 N–H and O–H groups in total. The first-order valence-electron chi connectivity index (χ1n) is 11.4. The zero-order valence-corrected chi connectivity index (χ0v) is 19.4. The fraction of sp³-hybridized carbons (Fsp3) is 0.667. The van der Waals surface area contributed by atoms with Gasteiger partial charge in [0.05, 0.1) is 6.10 Å². The molecule has 0 aliphatic rings. The highest BCUT2D eigenvalue weighted by Crippen LogP contribution is 2.17. The van der Waals surface area contributed by atoms with Gasteiger partial charge in [-0.3, -0.25) is 4.79 Å². The number of amides is 1. The lowest BCUT2D eigenvalue weighted by atomic mass is 10.1. The van der Waals surface area contributed by atoms with Crippen LogP contribution in [0.2, 0.25) is 0 Å². The lowest BCUT2D eigenvalue weighted by molar-refractivity contribution is -0.119. The van der Waals surface area contributed by atoms with E-state index in [0.29, 0.717) is 11.5 Å². The van der Waals surface area contributed by atoms with Crippen molar-refractivity contribution in [3.63, 3.8) is 0 Å². The lowest BCUT2D eigenvalue weighted by Gasteiger charge is -2.12. The first kappa shape index (κ1) is 25.4. The van der Waals surface area contributed by atoms with Crippen molar-refractivity contribution in [3.05, 3.63) is 24.3 Å². The van der Waals surface area contributed by atoms with Gasteiger partial charge in [0, 0.05) is 12.1 Å². The van der Waals surface area contributed by atoms with E-state index in [0.717, 1.165) is 24.3 Å². The van der Waals surface area contributed by atoms with Crippen LogP contribution in [0.25, 0.3) is 0 Å². The molecule has 0 aromatic heterocycles. The molecule has 0 atom stereocenters. The summed E-state index contributed by atoms with van der Waals surface area (Å²) in [5.41, 5.74) is 0.834. The van der Waals surface area contributed by atoms with Crippen molar-refractivity contribution in [2.45, 2.75) is 104 Å². The van der Waals surface area contributed by atoms with Crippen molar-refractivity contribution in [1.82, 2.24) is 5.32 Å². The summed E-state index contributed by atoms with van der Waals surface area (Å²) in [6.07, 6.45) is 14.7. The van der Waals surface area contributed by atoms with Gasteiger partial charge in [0.2, 0.25) is 5.91 Å². The fourth-order valence-electron chi connectivity index (χ4n) is 3.19. The largest absolute Gasteiger partial charge is 0.491 e. The molecule has 4 nitrogen and oxygen atoms in total. The Balaban J connectivity index is 2.04. The average molecular weight is 421 g/mol. The van der Waals surface area contributed by atoms with Crippen LogP contribution in [0.1, 0.15) is 97.8 Å². The second-order valence-electron chi connectivity index (χ2n) is 7.98. The van der Waals surface area contributed by atoms with Crippen LogP contribution in [-0.2, 0) is 4.79 Å². The minimum Gasteiger partial charge on any atom is -0.491 e. The van der Waals surface area contributed by atoms with E-state index < -0.39 is 0 Å². The molecule has 0 fully saturated rings. The zero-order valence-electron chi connectivity index (χ0n) is 18.6. The molecule has 1 aromatic carbocycles. The van der Waals surface area contributed by atoms with Gasteiger partial charge in [-0.25, -0.2) is 0 Å². The molecule has 164 valence electrons. The molecule has 0 spiro atoms. The van der Waals surface area contributed by atoms with E-state index in [1.54, 1.807) is 0 Å². The van der Waals surface area contributed by atoms with Crippen molar-refractivity contribution in [2.75, 3.05) is 5.32 Å². The van der Waals surface area contributed by atoms with Crippen LogP contribution in [0.4, 0.5) is 5.69 Å². The Bertz CT molecular complexity index is 573. The van der Waals surface area contributed by atoms with Crippen molar-refractivity contribution in [1.29, 1.82) is 0 Å². The molecule has 0 radical (unpaired) electrons. The number of benzene rings is 1. The van der Waals surface area contributed by atoms with Crippen LogP contribution >= 0.6 is 12.2 Å². The van der Waals surface area contributed by atoms with E-state index in [2.05, 4.69) is 17.6 Å². The molecule has 29 heavy (non-hydrogen) atoms. The third-order valence-corrected chi connectivity index (χ3v) is 4.95. The van der Waals surface area contributed by atoms with E-state index in [1.807, 2.05) is 38.1 Å². The molecule has 0 heterocycles. The first-order valence-corrected chi connectivity index (χ1v) is 11.8. The Morgan fingerprint density at radius 2 is 1.41 bits per heavy atom. The maximum Gasteiger partial charge on any atom is 0.226 e. The molecular weight excluding hydrogens is 380 g/mol. The molecule has 1 aromatic rings. The van der Waals surface area contributed by atoms with E-state index in [-0.39, 0.29) is 12.0 Å². The third-order valence-electron chi connectivity index (χ3n) is 4.74. The summed E-state index contributed by atoms with van der Waals surface area (Å²) in [6, 6.07) is 7.55. The van der Waals surface area contributed by atoms with Crippen LogP contribution in [0.15, 0.2) is 24.3 Å². The monoisotopic (exact) mass is 420 g/mol. The fourth-order valence-corrected chi connectivity index (χ4v) is 3.42. The molecule has 0 aliphatic heterocycles. The topological polar surface area (TPSA) is 50.4 Å². The van der Waals surface area contributed by atoms with Gasteiger partial charge in [-0.05, 0) is 56.8 Å². The number of unbranched alkanes of at least 4 members (excludes halogenated alkanes) is 10. The van der Waals surface area contributed by atoms with E-state index in [9.17, 15) is 4.79 Å². The predicted octanol–water partition coefficient (Wildman–Crippen LogP) is 6.99. The SMILES string of the molecule is CCCCCCCCCCCCCC(=O)NC(=S)Nc1ccc(OC(C)C)cc1. The maximum absolute atomic E-state index is 12.0. The molecule has 1 rings (SSSR count). The third kappa shape index (κ3) is 14.1. The van der Waals surface area contributed by atoms with Gasteiger partial charge in [-0.1, -0.05) is 71.1 Å². The van der Waals surface area contributed by atoms with Crippen LogP contribution in [0, 0.1) is 0 Å². The number of thiocarbonyl (C=S) groups is 1. The lowest BCUT2D eigenvalue weighted by Crippen LogP contribution is -2.33. The number of carbonyl (C=O) groups is 1. The number of rotatable bonds is 15. The highest BCUT2D eigenvalue weighted by molar-refractivity contribution is 7.80. The molecule has 0 bridgehead atoms. The number of ether oxygens (including phenoxy) is 1. The van der Waals surface area contributed by atoms with Crippen LogP contribution in [0.5, 0.6) is 5.75 Å². The second kappa shape index (κ2) is 16.2. The molecule has 0 saturated heterocycles. The summed E-state index contributed by atoms with van der Waals surface area (Å²) in [5.74, 6) is 0.801. The normalized spacial score (nSPS) is 10.8. The number of carbonyl (C=O) groups excluding carboxylic acids is 1. The van der Waals surface area contributed by atoms with E-state index in [4.69, 9.17) is 17.0 Å². The Morgan fingerprint density at radius 3 is 1.93 bits per heavy atom. The van der Waals surface area contributed by atoms with Gasteiger partial charge in [0.25, 0.3) is 0 Å². The Hall–Kier alpha value is -1.62. The number of hydrogen-bond acceptors (Lipinski definition) is 3. The number of anilines is 1. The van der Waals surface area contributed by atoms with Crippen molar-refractivity contribution in [3.8, 4) is 5.75 Å². The smallest absolute Gasteiger partial charge is 0.226 e. The zero-order chi connectivity index (χ0) is 21.3. The van der Waals surface area contributed by atoms with Crippen LogP contribution in [0.3, 0.4) is 0 Å². The summed E-state index contributed by atoms with van der Waals surface area (Å²) in [7, 11) is 0. The van der Waals surface area contributed by atoms with E-state index >= 15 is 0 Å². The van der Waals surface area contributed by atoms with E-state index in [1.165, 1.54) is 57.8 Å². The second-order valence-corrected chi connectivity index (χ2v) is 8.39. The summed E-state index contributed by atoms with van der Waals surface area (Å²) < 4.78 is 5.61. The van der Waals surface area contributed by atoms with Gasteiger partial charge in [0.15, 0.2) is 5.11 Å². The summed E-state index contributed by atoms with van der Waals surface area (Å²) in [6.45, 7) is 6.24. The highest BCUT2D eigenvalue weighted by Gasteiger charge is 2.05. The van der Waals surface area contributed by atoms with Gasteiger partial charge in [-0.2, -0.15) is 0 Å². The maximum atomic E-state index is 12.0. The van der Waals surface area contributed by atoms with Crippen LogP contribution in [-0.4, -0.2) is 17.1 Å². The minimum absolute atomic E-state index is 0.0156. The van der Waals surface area contributed by atoms with Gasteiger partial charge in [-0.15, -0.1) is 0 Å². The number of nitrogens with one attached hydrogen (secondary N) is 2. The molecular formula is C24H40N2O2S. The van der Waals surface area contributed by atoms with Crippen molar-refractivity contribution < 1.29 is 9.53 Å². The van der Waals surface area contributed by atoms with Crippen LogP contribution < -0.4 is 15.4 Å². The molecule has 0 unspecified atom stereocenters. The standard InChI is InChI=1S/C24H40N2O2S/c1-4-5-6-7-8-9-10-11-12-13-14-15-23(27)26-24(29)25-21-16-18-22(19-17-21)28-20(2)3/h16-20H,4-15H2,1-3H3,(H2,25,26,27,29). The summed E-state index contributed by atoms with van der Waals surface area (Å²) >= 11 is 5.23. The predicted molar refractivity (Wildman–Crippen MR) is 128 cm³/mol. The first-order chi connectivity index (χ1) is 14.0. The quantitative estimate of drug-likeness (QED) is 0.237. The Kier molecular flexibility index (Phi) is 14.2. The Labute approximate surface area is 183 Å². The van der Waals surface area contributed by atoms with Crippen molar-refractivity contribution in [2.24, 2.45) is 0 Å². The molecule has 0 saturated carbocycles. The minimum atomic E-state index is -0.0156. The average Bonchev–Trinajstić information content (AvgIpc) is 2.67. The summed E-state index contributed by atoms with van der Waals surface area (Å²) in [4.78, 5) is 12.0. The molecule has 5 heteroatoms. The highest BCUT2D eigenvalue weighted by atomic mass is 32.1. The molecule has 0 aliphatic carbocycles. The van der Waals surface area contributed by atoms with Crippen molar-refractivity contribution >= 4 is 28.9 Å². The summed E-state index contributed by atoms with van der Waals surface area (Å²) in [5, 5.41) is 6.14. The number of hydrogen-bond donors (Lipinski definition) is 2. The van der Waals surface area contributed by atoms with Gasteiger partial charge >= 0.3 is 0 Å². The molecule has 1 amide bonds.